The van der Waals surface area contributed by atoms with Crippen molar-refractivity contribution in [1.29, 1.82) is 0 Å². The van der Waals surface area contributed by atoms with Gasteiger partial charge in [0.25, 0.3) is 0 Å². The van der Waals surface area contributed by atoms with E-state index in [0.29, 0.717) is 13.2 Å². The van der Waals surface area contributed by atoms with Crippen molar-refractivity contribution in [2.45, 2.75) is 39.7 Å². The van der Waals surface area contributed by atoms with E-state index in [1.807, 2.05) is 0 Å². The molecule has 1 amide bonds. The minimum absolute atomic E-state index is 0.156. The van der Waals surface area contributed by atoms with Gasteiger partial charge < -0.3 is 14.8 Å². The number of nitrogens with one attached hydrogen (secondary N) is 1. The van der Waals surface area contributed by atoms with Crippen LogP contribution in [0.4, 0.5) is 4.79 Å². The van der Waals surface area contributed by atoms with Gasteiger partial charge in [-0.2, -0.15) is 0 Å². The lowest BCUT2D eigenvalue weighted by Crippen LogP contribution is -2.35. The van der Waals surface area contributed by atoms with Gasteiger partial charge in [0.1, 0.15) is 5.60 Å². The van der Waals surface area contributed by atoms with Crippen LogP contribution < -0.4 is 5.32 Å². The first-order valence-electron chi connectivity index (χ1n) is 6.03. The molecule has 5 nitrogen and oxygen atoms in total. The average Bonchev–Trinajstić information content (AvgIpc) is 2.22. The van der Waals surface area contributed by atoms with Crippen molar-refractivity contribution in [1.82, 2.24) is 5.32 Å². The van der Waals surface area contributed by atoms with Gasteiger partial charge in [-0.15, -0.1) is 6.58 Å². The van der Waals surface area contributed by atoms with Gasteiger partial charge in [0.05, 0.1) is 13.0 Å². The molecule has 0 heterocycles. The molecule has 0 spiro atoms. The number of carbonyl (C=O) groups excluding carboxylic acids is 2. The molecule has 0 fully saturated rings. The van der Waals surface area contributed by atoms with E-state index in [9.17, 15) is 9.59 Å². The van der Waals surface area contributed by atoms with Crippen LogP contribution in [0.5, 0.6) is 0 Å². The fourth-order valence-electron chi connectivity index (χ4n) is 1.20. The van der Waals surface area contributed by atoms with Gasteiger partial charge in [-0.1, -0.05) is 6.08 Å². The highest BCUT2D eigenvalue weighted by molar-refractivity contribution is 5.70. The summed E-state index contributed by atoms with van der Waals surface area (Å²) in [5.41, 5.74) is -0.533. The maximum atomic E-state index is 11.4. The average molecular weight is 257 g/mol. The standard InChI is InChI=1S/C13H23NO4/c1-6-10(8-11(15)17-7-2)9-14-12(16)18-13(3,4)5/h6,10H,1,7-9H2,2-5H3,(H,14,16)/t10-/m1/s1. The fraction of sp³-hybridized carbons (Fsp3) is 0.692. The first-order chi connectivity index (χ1) is 8.28. The molecule has 5 heteroatoms. The summed E-state index contributed by atoms with van der Waals surface area (Å²) >= 11 is 0. The highest BCUT2D eigenvalue weighted by Gasteiger charge is 2.17. The largest absolute Gasteiger partial charge is 0.466 e. The Morgan fingerprint density at radius 3 is 2.44 bits per heavy atom. The van der Waals surface area contributed by atoms with Gasteiger partial charge in [-0.3, -0.25) is 4.79 Å². The maximum absolute atomic E-state index is 11.4. The van der Waals surface area contributed by atoms with E-state index in [4.69, 9.17) is 9.47 Å². The number of rotatable bonds is 6. The zero-order valence-corrected chi connectivity index (χ0v) is 11.6. The second kappa shape index (κ2) is 7.74. The normalized spacial score (nSPS) is 12.4. The van der Waals surface area contributed by atoms with Crippen LogP contribution >= 0.6 is 0 Å². The van der Waals surface area contributed by atoms with Crippen molar-refractivity contribution in [2.75, 3.05) is 13.2 Å². The summed E-state index contributed by atoms with van der Waals surface area (Å²) in [5.74, 6) is -0.454. The zero-order valence-electron chi connectivity index (χ0n) is 11.6. The molecule has 0 aliphatic heterocycles. The fourth-order valence-corrected chi connectivity index (χ4v) is 1.20. The summed E-state index contributed by atoms with van der Waals surface area (Å²) < 4.78 is 9.92. The molecule has 0 rings (SSSR count). The molecule has 0 bridgehead atoms. The van der Waals surface area contributed by atoms with Crippen LogP contribution in [0.25, 0.3) is 0 Å². The van der Waals surface area contributed by atoms with E-state index in [1.54, 1.807) is 33.8 Å². The summed E-state index contributed by atoms with van der Waals surface area (Å²) in [6.07, 6.45) is 1.32. The third-order valence-electron chi connectivity index (χ3n) is 1.97. The summed E-state index contributed by atoms with van der Waals surface area (Å²) in [7, 11) is 0. The Labute approximate surface area is 109 Å². The van der Waals surface area contributed by atoms with Crippen LogP contribution in [0.2, 0.25) is 0 Å². The predicted molar refractivity (Wildman–Crippen MR) is 69.2 cm³/mol. The molecule has 0 saturated heterocycles. The van der Waals surface area contributed by atoms with E-state index in [2.05, 4.69) is 11.9 Å². The molecule has 0 aromatic carbocycles. The summed E-state index contributed by atoms with van der Waals surface area (Å²) in [6.45, 7) is 11.4. The third kappa shape index (κ3) is 8.61. The van der Waals surface area contributed by atoms with Crippen LogP contribution in [0, 0.1) is 5.92 Å². The van der Waals surface area contributed by atoms with Gasteiger partial charge in [0.2, 0.25) is 0 Å². The van der Waals surface area contributed by atoms with Crippen molar-refractivity contribution in [3.8, 4) is 0 Å². The number of ether oxygens (including phenoxy) is 2. The number of carbonyl (C=O) groups is 2. The molecule has 0 radical (unpaired) electrons. The van der Waals surface area contributed by atoms with E-state index in [1.165, 1.54) is 0 Å². The van der Waals surface area contributed by atoms with Crippen molar-refractivity contribution in [3.05, 3.63) is 12.7 Å². The highest BCUT2D eigenvalue weighted by Crippen LogP contribution is 2.08. The number of amides is 1. The summed E-state index contributed by atoms with van der Waals surface area (Å²) in [6, 6.07) is 0. The van der Waals surface area contributed by atoms with E-state index >= 15 is 0 Å². The van der Waals surface area contributed by atoms with Crippen molar-refractivity contribution >= 4 is 12.1 Å². The van der Waals surface area contributed by atoms with Gasteiger partial charge >= 0.3 is 12.1 Å². The molecule has 0 unspecified atom stereocenters. The lowest BCUT2D eigenvalue weighted by molar-refractivity contribution is -0.143. The lowest BCUT2D eigenvalue weighted by Gasteiger charge is -2.20. The molecule has 104 valence electrons. The molecule has 0 aromatic rings. The SMILES string of the molecule is C=C[C@@H](CNC(=O)OC(C)(C)C)CC(=O)OCC. The number of alkyl carbamates (subject to hydrolysis) is 1. The molecule has 0 aliphatic carbocycles. The van der Waals surface area contributed by atoms with Gasteiger partial charge in [0, 0.05) is 12.5 Å². The van der Waals surface area contributed by atoms with E-state index in [-0.39, 0.29) is 18.3 Å². The Balaban J connectivity index is 4.04. The van der Waals surface area contributed by atoms with Crippen LogP contribution in [-0.2, 0) is 14.3 Å². The van der Waals surface area contributed by atoms with Crippen LogP contribution in [0.3, 0.4) is 0 Å². The van der Waals surface area contributed by atoms with Gasteiger partial charge in [0.15, 0.2) is 0 Å². The Bertz CT molecular complexity index is 294. The zero-order chi connectivity index (χ0) is 14.2. The molecule has 0 saturated carbocycles. The van der Waals surface area contributed by atoms with Crippen molar-refractivity contribution in [2.24, 2.45) is 5.92 Å². The Kier molecular flexibility index (Phi) is 7.08. The number of hydrogen-bond acceptors (Lipinski definition) is 4. The minimum Gasteiger partial charge on any atom is -0.466 e. The molecule has 0 aromatic heterocycles. The molecular weight excluding hydrogens is 234 g/mol. The van der Waals surface area contributed by atoms with Gasteiger partial charge in [-0.05, 0) is 27.7 Å². The second-order valence-corrected chi connectivity index (χ2v) is 4.89. The van der Waals surface area contributed by atoms with Crippen LogP contribution in [-0.4, -0.2) is 30.8 Å². The smallest absolute Gasteiger partial charge is 0.407 e. The highest BCUT2D eigenvalue weighted by atomic mass is 16.6. The van der Waals surface area contributed by atoms with E-state index in [0.717, 1.165) is 0 Å². The quantitative estimate of drug-likeness (QED) is 0.585. The minimum atomic E-state index is -0.533. The summed E-state index contributed by atoms with van der Waals surface area (Å²) in [5, 5.41) is 2.60. The molecular formula is C13H23NO4. The first-order valence-corrected chi connectivity index (χ1v) is 6.03. The molecule has 1 N–H and O–H groups in total. The Morgan fingerprint density at radius 1 is 1.39 bits per heavy atom. The summed E-state index contributed by atoms with van der Waals surface area (Å²) in [4.78, 5) is 22.7. The molecule has 18 heavy (non-hydrogen) atoms. The first kappa shape index (κ1) is 16.5. The molecule has 0 aliphatic rings. The topological polar surface area (TPSA) is 64.6 Å². The third-order valence-corrected chi connectivity index (χ3v) is 1.97. The monoisotopic (exact) mass is 257 g/mol. The van der Waals surface area contributed by atoms with E-state index < -0.39 is 11.7 Å². The molecule has 1 atom stereocenters. The van der Waals surface area contributed by atoms with Crippen LogP contribution in [0.15, 0.2) is 12.7 Å². The lowest BCUT2D eigenvalue weighted by atomic mass is 10.1. The maximum Gasteiger partial charge on any atom is 0.407 e. The van der Waals surface area contributed by atoms with Crippen LogP contribution in [0.1, 0.15) is 34.1 Å². The number of esters is 1. The van der Waals surface area contributed by atoms with Crippen molar-refractivity contribution < 1.29 is 19.1 Å². The van der Waals surface area contributed by atoms with Crippen molar-refractivity contribution in [3.63, 3.8) is 0 Å². The van der Waals surface area contributed by atoms with Gasteiger partial charge in [-0.25, -0.2) is 4.79 Å². The number of hydrogen-bond donors (Lipinski definition) is 1. The Morgan fingerprint density at radius 2 is 2.00 bits per heavy atom. The second-order valence-electron chi connectivity index (χ2n) is 4.89. The Hall–Kier alpha value is -1.52. The predicted octanol–water partition coefficient (Wildman–Crippen LogP) is 2.27.